The Hall–Kier alpha value is -2.73. The minimum absolute atomic E-state index is 0.0695. The molecule has 35 heavy (non-hydrogen) atoms. The molecule has 4 aromatic rings. The second-order valence-corrected chi connectivity index (χ2v) is 14.8. The summed E-state index contributed by atoms with van der Waals surface area (Å²) in [4.78, 5) is 3.32. The zero-order valence-electron chi connectivity index (χ0n) is 21.2. The van der Waals surface area contributed by atoms with Gasteiger partial charge in [-0.3, -0.25) is 0 Å². The van der Waals surface area contributed by atoms with E-state index >= 15 is 4.39 Å². The van der Waals surface area contributed by atoms with Gasteiger partial charge in [0.2, 0.25) is 0 Å². The lowest BCUT2D eigenvalue weighted by Crippen LogP contribution is -2.67. The number of hydrogen-bond donors (Lipinski definition) is 2. The lowest BCUT2D eigenvalue weighted by atomic mass is 10.1. The Morgan fingerprint density at radius 1 is 0.886 bits per heavy atom. The maximum Gasteiger partial charge on any atom is 0.261 e. The van der Waals surface area contributed by atoms with Gasteiger partial charge < -0.3 is 14.7 Å². The number of aromatic amines is 1. The number of benzene rings is 3. The quantitative estimate of drug-likeness (QED) is 0.285. The first-order valence-corrected chi connectivity index (χ1v) is 14.4. The first kappa shape index (κ1) is 25.4. The van der Waals surface area contributed by atoms with E-state index in [2.05, 4.69) is 111 Å². The van der Waals surface area contributed by atoms with Crippen molar-refractivity contribution in [3.63, 3.8) is 0 Å². The van der Waals surface area contributed by atoms with Crippen LogP contribution in [-0.2, 0) is 10.8 Å². The number of aromatic nitrogens is 1. The summed E-state index contributed by atoms with van der Waals surface area (Å²) in [7, 11) is -2.72. The van der Waals surface area contributed by atoms with Crippen LogP contribution in [-0.4, -0.2) is 38.7 Å². The summed E-state index contributed by atoms with van der Waals surface area (Å²) < 4.78 is 22.0. The average Bonchev–Trinajstić information content (AvgIpc) is 3.26. The summed E-state index contributed by atoms with van der Waals surface area (Å²) in [6, 6.07) is 29.2. The third-order valence-electron chi connectivity index (χ3n) is 6.79. The Morgan fingerprint density at radius 3 is 2.06 bits per heavy atom. The molecule has 1 heterocycles. The Bertz CT molecular complexity index is 1160. The molecule has 0 saturated heterocycles. The number of fused-ring (bicyclic) bond motifs is 1. The Balaban J connectivity index is 1.45. The maximum atomic E-state index is 15.3. The van der Waals surface area contributed by atoms with Crippen LogP contribution in [0.15, 0.2) is 91.1 Å². The second-order valence-electron chi connectivity index (χ2n) is 10.4. The molecule has 0 fully saturated rings. The van der Waals surface area contributed by atoms with Crippen molar-refractivity contribution in [2.45, 2.75) is 51.4 Å². The lowest BCUT2D eigenvalue weighted by molar-refractivity contribution is 0.180. The predicted octanol–water partition coefficient (Wildman–Crippen LogP) is 5.60. The van der Waals surface area contributed by atoms with Crippen molar-refractivity contribution in [1.29, 1.82) is 0 Å². The van der Waals surface area contributed by atoms with Crippen molar-refractivity contribution in [2.75, 3.05) is 13.2 Å². The SMILES string of the molecule is CC(Cc1c[nH]c2ccccc12)NCC(F)CO[Si](c1ccccc1)(c1ccccc1)C(C)(C)C. The van der Waals surface area contributed by atoms with E-state index in [0.29, 0.717) is 0 Å². The molecule has 0 aliphatic rings. The minimum Gasteiger partial charge on any atom is -0.404 e. The van der Waals surface area contributed by atoms with Gasteiger partial charge in [0.15, 0.2) is 0 Å². The van der Waals surface area contributed by atoms with E-state index in [0.717, 1.165) is 11.9 Å². The highest BCUT2D eigenvalue weighted by Crippen LogP contribution is 2.36. The fourth-order valence-corrected chi connectivity index (χ4v) is 9.65. The van der Waals surface area contributed by atoms with Gasteiger partial charge in [0, 0.05) is 29.7 Å². The molecule has 0 amide bonds. The zero-order valence-corrected chi connectivity index (χ0v) is 22.2. The average molecular weight is 489 g/mol. The Kier molecular flexibility index (Phi) is 7.90. The third-order valence-corrected chi connectivity index (χ3v) is 11.8. The Morgan fingerprint density at radius 2 is 1.46 bits per heavy atom. The Labute approximate surface area is 209 Å². The molecule has 5 heteroatoms. The van der Waals surface area contributed by atoms with Gasteiger partial charge in [-0.05, 0) is 40.4 Å². The molecule has 2 unspecified atom stereocenters. The highest BCUT2D eigenvalue weighted by molar-refractivity contribution is 6.99. The fourth-order valence-electron chi connectivity index (χ4n) is 5.07. The van der Waals surface area contributed by atoms with E-state index in [1.807, 2.05) is 18.2 Å². The van der Waals surface area contributed by atoms with E-state index < -0.39 is 14.5 Å². The molecular weight excluding hydrogens is 451 g/mol. The van der Waals surface area contributed by atoms with Crippen LogP contribution in [0.1, 0.15) is 33.3 Å². The molecule has 3 aromatic carbocycles. The van der Waals surface area contributed by atoms with Gasteiger partial charge >= 0.3 is 0 Å². The van der Waals surface area contributed by atoms with Gasteiger partial charge in [-0.15, -0.1) is 0 Å². The summed E-state index contributed by atoms with van der Waals surface area (Å²) in [5.74, 6) is 0. The summed E-state index contributed by atoms with van der Waals surface area (Å²) in [6.45, 7) is 9.09. The number of nitrogens with one attached hydrogen (secondary N) is 2. The van der Waals surface area contributed by atoms with Crippen molar-refractivity contribution in [3.8, 4) is 0 Å². The highest BCUT2D eigenvalue weighted by Gasteiger charge is 2.50. The fraction of sp³-hybridized carbons (Fsp3) is 0.333. The summed E-state index contributed by atoms with van der Waals surface area (Å²) in [5, 5.41) is 6.80. The molecule has 1 aromatic heterocycles. The van der Waals surface area contributed by atoms with Gasteiger partial charge in [0.1, 0.15) is 6.17 Å². The van der Waals surface area contributed by atoms with Crippen LogP contribution in [0.2, 0.25) is 5.04 Å². The molecule has 0 spiro atoms. The lowest BCUT2D eigenvalue weighted by Gasteiger charge is -2.43. The number of halogens is 1. The van der Waals surface area contributed by atoms with Crippen LogP contribution in [0.25, 0.3) is 10.9 Å². The number of alkyl halides is 1. The molecule has 0 aliphatic heterocycles. The van der Waals surface area contributed by atoms with E-state index in [1.54, 1.807) is 0 Å². The topological polar surface area (TPSA) is 37.0 Å². The van der Waals surface area contributed by atoms with Gasteiger partial charge in [0.05, 0.1) is 6.61 Å². The van der Waals surface area contributed by atoms with E-state index in [4.69, 9.17) is 4.43 Å². The monoisotopic (exact) mass is 488 g/mol. The highest BCUT2D eigenvalue weighted by atomic mass is 28.4. The normalized spacial score (nSPS) is 14.2. The number of hydrogen-bond acceptors (Lipinski definition) is 2. The minimum atomic E-state index is -2.72. The van der Waals surface area contributed by atoms with Crippen molar-refractivity contribution in [3.05, 3.63) is 96.7 Å². The van der Waals surface area contributed by atoms with Crippen LogP contribution >= 0.6 is 0 Å². The molecule has 2 N–H and O–H groups in total. The molecule has 2 atom stereocenters. The summed E-state index contributed by atoms with van der Waals surface area (Å²) in [6.07, 6.45) is 1.80. The maximum absolute atomic E-state index is 15.3. The first-order valence-electron chi connectivity index (χ1n) is 12.5. The van der Waals surface area contributed by atoms with Crippen molar-refractivity contribution in [1.82, 2.24) is 10.3 Å². The van der Waals surface area contributed by atoms with Crippen molar-refractivity contribution < 1.29 is 8.82 Å². The van der Waals surface area contributed by atoms with Crippen molar-refractivity contribution in [2.24, 2.45) is 0 Å². The van der Waals surface area contributed by atoms with E-state index in [-0.39, 0.29) is 24.2 Å². The number of para-hydroxylation sites is 1. The summed E-state index contributed by atoms with van der Waals surface area (Å²) in [5.41, 5.74) is 2.39. The molecule has 0 aliphatic carbocycles. The molecule has 184 valence electrons. The van der Waals surface area contributed by atoms with Gasteiger partial charge in [-0.1, -0.05) is 99.6 Å². The second kappa shape index (κ2) is 10.9. The zero-order chi connectivity index (χ0) is 24.9. The summed E-state index contributed by atoms with van der Waals surface area (Å²) >= 11 is 0. The van der Waals surface area contributed by atoms with Crippen molar-refractivity contribution >= 4 is 29.6 Å². The van der Waals surface area contributed by atoms with Gasteiger partial charge in [0.25, 0.3) is 8.32 Å². The molecule has 3 nitrogen and oxygen atoms in total. The molecular formula is C30H37FN2OSi. The predicted molar refractivity (Wildman–Crippen MR) is 148 cm³/mol. The van der Waals surface area contributed by atoms with Crippen LogP contribution in [0, 0.1) is 0 Å². The largest absolute Gasteiger partial charge is 0.404 e. The van der Waals surface area contributed by atoms with E-state index in [9.17, 15) is 0 Å². The van der Waals surface area contributed by atoms with E-state index in [1.165, 1.54) is 21.3 Å². The van der Waals surface area contributed by atoms with Crippen LogP contribution in [0.5, 0.6) is 0 Å². The van der Waals surface area contributed by atoms with Crippen LogP contribution in [0.4, 0.5) is 4.39 Å². The molecule has 0 bridgehead atoms. The van der Waals surface area contributed by atoms with Crippen LogP contribution < -0.4 is 15.7 Å². The standard InChI is InChI=1S/C30H37FN2OSi/c1-23(19-24-20-33-29-18-12-11-17-28(24)29)32-21-25(31)22-34-35(30(2,3)4,26-13-7-5-8-14-26)27-15-9-6-10-16-27/h5-18,20,23,25,32-33H,19,21-22H2,1-4H3. The van der Waals surface area contributed by atoms with Gasteiger partial charge in [-0.25, -0.2) is 4.39 Å². The number of H-pyrrole nitrogens is 1. The molecule has 4 rings (SSSR count). The molecule has 0 radical (unpaired) electrons. The molecule has 0 saturated carbocycles. The first-order chi connectivity index (χ1) is 16.8. The van der Waals surface area contributed by atoms with Gasteiger partial charge in [-0.2, -0.15) is 0 Å². The smallest absolute Gasteiger partial charge is 0.261 e. The number of rotatable bonds is 10. The third kappa shape index (κ3) is 5.58. The van der Waals surface area contributed by atoms with Crippen LogP contribution in [0.3, 0.4) is 0 Å².